The van der Waals surface area contributed by atoms with Gasteiger partial charge in [0.05, 0.1) is 19.1 Å². The lowest BCUT2D eigenvalue weighted by Gasteiger charge is -2.23. The standard InChI is InChI=1S/C11H16N2O2/c1-12(8-10-4-7-15-9-10)11(14)13-5-2-3-6-13/h4,7,9H,2-3,5-6,8H2,1H3. The van der Waals surface area contributed by atoms with Gasteiger partial charge in [-0.3, -0.25) is 0 Å². The molecule has 0 bridgehead atoms. The zero-order valence-electron chi connectivity index (χ0n) is 8.98. The summed E-state index contributed by atoms with van der Waals surface area (Å²) in [6.45, 7) is 2.41. The van der Waals surface area contributed by atoms with E-state index in [4.69, 9.17) is 4.42 Å². The molecule has 4 nitrogen and oxygen atoms in total. The van der Waals surface area contributed by atoms with Crippen LogP contribution in [0.2, 0.25) is 0 Å². The first kappa shape index (κ1) is 10.1. The zero-order valence-corrected chi connectivity index (χ0v) is 8.98. The summed E-state index contributed by atoms with van der Waals surface area (Å²) in [7, 11) is 1.83. The molecule has 0 aliphatic carbocycles. The predicted octanol–water partition coefficient (Wildman–Crippen LogP) is 1.93. The van der Waals surface area contributed by atoms with Gasteiger partial charge in [0.1, 0.15) is 0 Å². The molecule has 82 valence electrons. The van der Waals surface area contributed by atoms with Crippen LogP contribution < -0.4 is 0 Å². The van der Waals surface area contributed by atoms with E-state index in [9.17, 15) is 4.79 Å². The number of hydrogen-bond acceptors (Lipinski definition) is 2. The molecule has 2 amide bonds. The van der Waals surface area contributed by atoms with E-state index >= 15 is 0 Å². The molecule has 0 saturated carbocycles. The van der Waals surface area contributed by atoms with E-state index in [-0.39, 0.29) is 6.03 Å². The first-order valence-corrected chi connectivity index (χ1v) is 5.28. The predicted molar refractivity (Wildman–Crippen MR) is 56.4 cm³/mol. The van der Waals surface area contributed by atoms with E-state index in [0.29, 0.717) is 6.54 Å². The Hall–Kier alpha value is -1.45. The fourth-order valence-electron chi connectivity index (χ4n) is 1.87. The Kier molecular flexibility index (Phi) is 2.94. The molecule has 1 aromatic heterocycles. The number of nitrogens with zero attached hydrogens (tertiary/aromatic N) is 2. The maximum atomic E-state index is 11.9. The van der Waals surface area contributed by atoms with Crippen LogP contribution in [-0.4, -0.2) is 36.0 Å². The number of rotatable bonds is 2. The van der Waals surface area contributed by atoms with E-state index in [2.05, 4.69) is 0 Å². The van der Waals surface area contributed by atoms with E-state index in [1.165, 1.54) is 0 Å². The molecule has 1 aliphatic heterocycles. The average Bonchev–Trinajstić information content (AvgIpc) is 2.88. The van der Waals surface area contributed by atoms with Crippen LogP contribution in [0.1, 0.15) is 18.4 Å². The van der Waals surface area contributed by atoms with Gasteiger partial charge in [-0.1, -0.05) is 0 Å². The van der Waals surface area contributed by atoms with Crippen molar-refractivity contribution in [3.63, 3.8) is 0 Å². The maximum Gasteiger partial charge on any atom is 0.320 e. The van der Waals surface area contributed by atoms with E-state index in [1.54, 1.807) is 17.4 Å². The molecule has 0 atom stereocenters. The number of carbonyl (C=O) groups excluding carboxylic acids is 1. The Labute approximate surface area is 89.5 Å². The molecule has 0 unspecified atom stereocenters. The van der Waals surface area contributed by atoms with Gasteiger partial charge >= 0.3 is 6.03 Å². The van der Waals surface area contributed by atoms with Gasteiger partial charge in [-0.2, -0.15) is 0 Å². The summed E-state index contributed by atoms with van der Waals surface area (Å²) in [5.74, 6) is 0. The first-order chi connectivity index (χ1) is 7.27. The SMILES string of the molecule is CN(Cc1ccoc1)C(=O)N1CCCC1. The zero-order chi connectivity index (χ0) is 10.7. The van der Waals surface area contributed by atoms with Crippen molar-refractivity contribution in [3.8, 4) is 0 Å². The summed E-state index contributed by atoms with van der Waals surface area (Å²) < 4.78 is 4.97. The molecule has 1 saturated heterocycles. The molecule has 4 heteroatoms. The van der Waals surface area contributed by atoms with Crippen molar-refractivity contribution in [2.45, 2.75) is 19.4 Å². The average molecular weight is 208 g/mol. The van der Waals surface area contributed by atoms with Crippen molar-refractivity contribution in [1.82, 2.24) is 9.80 Å². The highest BCUT2D eigenvalue weighted by molar-refractivity contribution is 5.74. The quantitative estimate of drug-likeness (QED) is 0.744. The highest BCUT2D eigenvalue weighted by Crippen LogP contribution is 2.12. The summed E-state index contributed by atoms with van der Waals surface area (Å²) >= 11 is 0. The Morgan fingerprint density at radius 2 is 2.27 bits per heavy atom. The second-order valence-electron chi connectivity index (χ2n) is 3.96. The molecule has 2 heterocycles. The second kappa shape index (κ2) is 4.38. The molecule has 1 aromatic rings. The fourth-order valence-corrected chi connectivity index (χ4v) is 1.87. The smallest absolute Gasteiger partial charge is 0.320 e. The van der Waals surface area contributed by atoms with Crippen LogP contribution in [0.15, 0.2) is 23.0 Å². The van der Waals surface area contributed by atoms with E-state index < -0.39 is 0 Å². The number of amides is 2. The first-order valence-electron chi connectivity index (χ1n) is 5.28. The van der Waals surface area contributed by atoms with Crippen molar-refractivity contribution < 1.29 is 9.21 Å². The lowest BCUT2D eigenvalue weighted by molar-refractivity contribution is 0.171. The number of carbonyl (C=O) groups is 1. The van der Waals surface area contributed by atoms with E-state index in [1.807, 2.05) is 18.0 Å². The molecule has 0 spiro atoms. The molecule has 1 fully saturated rings. The van der Waals surface area contributed by atoms with Gasteiger partial charge < -0.3 is 14.2 Å². The Balaban J connectivity index is 1.89. The third kappa shape index (κ3) is 2.32. The summed E-state index contributed by atoms with van der Waals surface area (Å²) in [5.41, 5.74) is 1.03. The summed E-state index contributed by atoms with van der Waals surface area (Å²) in [5, 5.41) is 0. The third-order valence-corrected chi connectivity index (χ3v) is 2.70. The minimum Gasteiger partial charge on any atom is -0.472 e. The van der Waals surface area contributed by atoms with Gasteiger partial charge in [0.2, 0.25) is 0 Å². The van der Waals surface area contributed by atoms with Crippen molar-refractivity contribution in [2.24, 2.45) is 0 Å². The monoisotopic (exact) mass is 208 g/mol. The molecule has 0 aromatic carbocycles. The number of furan rings is 1. The molecule has 0 N–H and O–H groups in total. The summed E-state index contributed by atoms with van der Waals surface area (Å²) in [6, 6.07) is 2.00. The normalized spacial score (nSPS) is 15.7. The Morgan fingerprint density at radius 3 is 2.87 bits per heavy atom. The molecular formula is C11H16N2O2. The third-order valence-electron chi connectivity index (χ3n) is 2.70. The molecule has 15 heavy (non-hydrogen) atoms. The van der Waals surface area contributed by atoms with E-state index in [0.717, 1.165) is 31.5 Å². The van der Waals surface area contributed by atoms with Gasteiger partial charge in [-0.15, -0.1) is 0 Å². The Morgan fingerprint density at radius 1 is 1.53 bits per heavy atom. The van der Waals surface area contributed by atoms with Gasteiger partial charge in [0, 0.05) is 25.7 Å². The number of likely N-dealkylation sites (tertiary alicyclic amines) is 1. The van der Waals surface area contributed by atoms with Crippen LogP contribution in [0.25, 0.3) is 0 Å². The number of urea groups is 1. The van der Waals surface area contributed by atoms with Crippen molar-refractivity contribution in [1.29, 1.82) is 0 Å². The lowest BCUT2D eigenvalue weighted by Crippen LogP contribution is -2.38. The minimum atomic E-state index is 0.119. The Bertz CT molecular complexity index is 315. The lowest BCUT2D eigenvalue weighted by atomic mass is 10.3. The second-order valence-corrected chi connectivity index (χ2v) is 3.96. The summed E-state index contributed by atoms with van der Waals surface area (Å²) in [4.78, 5) is 15.5. The van der Waals surface area contributed by atoms with Gasteiger partial charge in [0.15, 0.2) is 0 Å². The summed E-state index contributed by atoms with van der Waals surface area (Å²) in [6.07, 6.45) is 5.56. The van der Waals surface area contributed by atoms with Crippen molar-refractivity contribution in [2.75, 3.05) is 20.1 Å². The highest BCUT2D eigenvalue weighted by Gasteiger charge is 2.21. The molecule has 1 aliphatic rings. The minimum absolute atomic E-state index is 0.119. The van der Waals surface area contributed by atoms with Crippen LogP contribution in [0, 0.1) is 0 Å². The van der Waals surface area contributed by atoms with Gasteiger partial charge in [-0.05, 0) is 18.9 Å². The number of hydrogen-bond donors (Lipinski definition) is 0. The van der Waals surface area contributed by atoms with Gasteiger partial charge in [0.25, 0.3) is 0 Å². The maximum absolute atomic E-state index is 11.9. The largest absolute Gasteiger partial charge is 0.472 e. The van der Waals surface area contributed by atoms with Crippen LogP contribution in [-0.2, 0) is 6.54 Å². The highest BCUT2D eigenvalue weighted by atomic mass is 16.3. The van der Waals surface area contributed by atoms with Gasteiger partial charge in [-0.25, -0.2) is 4.79 Å². The van der Waals surface area contributed by atoms with Crippen LogP contribution in [0.4, 0.5) is 4.79 Å². The van der Waals surface area contributed by atoms with Crippen molar-refractivity contribution in [3.05, 3.63) is 24.2 Å². The van der Waals surface area contributed by atoms with Crippen LogP contribution in [0.3, 0.4) is 0 Å². The fraction of sp³-hybridized carbons (Fsp3) is 0.545. The molecular weight excluding hydrogens is 192 g/mol. The van der Waals surface area contributed by atoms with Crippen LogP contribution >= 0.6 is 0 Å². The van der Waals surface area contributed by atoms with Crippen molar-refractivity contribution >= 4 is 6.03 Å². The molecule has 2 rings (SSSR count). The van der Waals surface area contributed by atoms with Crippen LogP contribution in [0.5, 0.6) is 0 Å². The molecule has 0 radical (unpaired) electrons. The topological polar surface area (TPSA) is 36.7 Å².